The minimum Gasteiger partial charge on any atom is -0.479 e. The fraction of sp³-hybridized carbons (Fsp3) is 0.455. The van der Waals surface area contributed by atoms with Gasteiger partial charge in [0.1, 0.15) is 12.0 Å². The average Bonchev–Trinajstić information content (AvgIpc) is 2.35. The van der Waals surface area contributed by atoms with Gasteiger partial charge in [-0.3, -0.25) is 0 Å². The van der Waals surface area contributed by atoms with Crippen LogP contribution in [0.25, 0.3) is 0 Å². The number of anilines is 2. The topological polar surface area (TPSA) is 82.3 Å². The molecule has 0 aromatic carbocycles. The molecular weight excluding hydrogens is 220 g/mol. The molecule has 6 nitrogen and oxygen atoms in total. The molecule has 1 aromatic rings. The number of nitrogens with two attached hydrogens (primary N) is 1. The van der Waals surface area contributed by atoms with Gasteiger partial charge in [-0.25, -0.2) is 4.98 Å². The predicted molar refractivity (Wildman–Crippen MR) is 67.1 cm³/mol. The summed E-state index contributed by atoms with van der Waals surface area (Å²) in [4.78, 5) is 7.91. The standard InChI is InChI=1S/C11H18N4O2/c1-3-4-6-17-7-5-13-10-9(12)11(16-2)15-8-14-10/h3,8H,1,4-7,12H2,2H3,(H,13,14,15). The second kappa shape index (κ2) is 7.45. The first-order valence-electron chi connectivity index (χ1n) is 5.36. The predicted octanol–water partition coefficient (Wildman–Crippen LogP) is 1.07. The summed E-state index contributed by atoms with van der Waals surface area (Å²) >= 11 is 0. The van der Waals surface area contributed by atoms with E-state index in [2.05, 4.69) is 21.9 Å². The third kappa shape index (κ3) is 4.28. The highest BCUT2D eigenvalue weighted by atomic mass is 16.5. The Balaban J connectivity index is 2.34. The van der Waals surface area contributed by atoms with E-state index in [4.69, 9.17) is 15.2 Å². The van der Waals surface area contributed by atoms with Crippen LogP contribution in [0.5, 0.6) is 5.88 Å². The first-order chi connectivity index (χ1) is 8.29. The van der Waals surface area contributed by atoms with E-state index in [0.717, 1.165) is 6.42 Å². The van der Waals surface area contributed by atoms with E-state index < -0.39 is 0 Å². The molecule has 0 atom stereocenters. The largest absolute Gasteiger partial charge is 0.479 e. The summed E-state index contributed by atoms with van der Waals surface area (Å²) in [6.07, 6.45) is 4.07. The number of aromatic nitrogens is 2. The Morgan fingerprint density at radius 1 is 1.47 bits per heavy atom. The number of hydrogen-bond acceptors (Lipinski definition) is 6. The van der Waals surface area contributed by atoms with Crippen LogP contribution in [0.3, 0.4) is 0 Å². The number of nitrogens with zero attached hydrogens (tertiary/aromatic N) is 2. The van der Waals surface area contributed by atoms with Crippen molar-refractivity contribution in [3.05, 3.63) is 19.0 Å². The number of nitrogens with one attached hydrogen (secondary N) is 1. The third-order valence-corrected chi connectivity index (χ3v) is 2.05. The first kappa shape index (κ1) is 13.2. The maximum atomic E-state index is 5.79. The van der Waals surface area contributed by atoms with Crippen LogP contribution in [-0.4, -0.2) is 36.8 Å². The molecule has 0 unspecified atom stereocenters. The van der Waals surface area contributed by atoms with Gasteiger partial charge in [0.2, 0.25) is 5.88 Å². The Hall–Kier alpha value is -1.82. The highest BCUT2D eigenvalue weighted by molar-refractivity contribution is 5.66. The lowest BCUT2D eigenvalue weighted by Gasteiger charge is -2.10. The molecular formula is C11H18N4O2. The quantitative estimate of drug-likeness (QED) is 0.521. The monoisotopic (exact) mass is 238 g/mol. The Bertz CT molecular complexity index is 357. The maximum Gasteiger partial charge on any atom is 0.242 e. The van der Waals surface area contributed by atoms with Gasteiger partial charge in [-0.15, -0.1) is 6.58 Å². The van der Waals surface area contributed by atoms with Crippen molar-refractivity contribution < 1.29 is 9.47 Å². The summed E-state index contributed by atoms with van der Waals surface area (Å²) in [6.45, 7) is 5.50. The van der Waals surface area contributed by atoms with E-state index in [9.17, 15) is 0 Å². The van der Waals surface area contributed by atoms with Gasteiger partial charge in [-0.1, -0.05) is 6.08 Å². The zero-order valence-corrected chi connectivity index (χ0v) is 9.98. The SMILES string of the molecule is C=CCCOCCNc1ncnc(OC)c1N. The van der Waals surface area contributed by atoms with Crippen molar-refractivity contribution in [1.82, 2.24) is 9.97 Å². The minimum atomic E-state index is 0.370. The van der Waals surface area contributed by atoms with E-state index in [1.54, 1.807) is 0 Å². The molecule has 0 aliphatic heterocycles. The summed E-state index contributed by atoms with van der Waals surface area (Å²) < 4.78 is 10.3. The van der Waals surface area contributed by atoms with Crippen LogP contribution in [0.4, 0.5) is 11.5 Å². The Morgan fingerprint density at radius 2 is 2.29 bits per heavy atom. The maximum absolute atomic E-state index is 5.79. The molecule has 0 bridgehead atoms. The molecule has 17 heavy (non-hydrogen) atoms. The summed E-state index contributed by atoms with van der Waals surface area (Å²) in [5, 5.41) is 3.06. The van der Waals surface area contributed by atoms with Crippen LogP contribution in [0.2, 0.25) is 0 Å². The van der Waals surface area contributed by atoms with Crippen LogP contribution in [0, 0.1) is 0 Å². The van der Waals surface area contributed by atoms with E-state index in [0.29, 0.717) is 37.1 Å². The molecule has 0 spiro atoms. The minimum absolute atomic E-state index is 0.370. The van der Waals surface area contributed by atoms with Crippen molar-refractivity contribution in [2.75, 3.05) is 37.9 Å². The molecule has 0 amide bonds. The van der Waals surface area contributed by atoms with Crippen LogP contribution in [0.1, 0.15) is 6.42 Å². The van der Waals surface area contributed by atoms with Crippen LogP contribution in [-0.2, 0) is 4.74 Å². The zero-order valence-electron chi connectivity index (χ0n) is 9.98. The van der Waals surface area contributed by atoms with E-state index in [1.807, 2.05) is 6.08 Å². The molecule has 0 fully saturated rings. The normalized spacial score (nSPS) is 9.94. The highest BCUT2D eigenvalue weighted by Crippen LogP contribution is 2.23. The summed E-state index contributed by atoms with van der Waals surface area (Å²) in [5.41, 5.74) is 6.19. The van der Waals surface area contributed by atoms with Crippen molar-refractivity contribution in [3.63, 3.8) is 0 Å². The van der Waals surface area contributed by atoms with Gasteiger partial charge in [0.15, 0.2) is 5.82 Å². The van der Waals surface area contributed by atoms with Gasteiger partial charge in [0, 0.05) is 6.54 Å². The van der Waals surface area contributed by atoms with Crippen molar-refractivity contribution in [2.45, 2.75) is 6.42 Å². The number of methoxy groups -OCH3 is 1. The number of hydrogen-bond donors (Lipinski definition) is 2. The fourth-order valence-electron chi connectivity index (χ4n) is 1.19. The van der Waals surface area contributed by atoms with Gasteiger partial charge in [-0.2, -0.15) is 4.98 Å². The molecule has 1 aromatic heterocycles. The molecule has 0 aliphatic rings. The molecule has 1 heterocycles. The summed E-state index contributed by atoms with van der Waals surface area (Å²) in [6, 6.07) is 0. The van der Waals surface area contributed by atoms with Gasteiger partial charge < -0.3 is 20.5 Å². The number of ether oxygens (including phenoxy) is 2. The van der Waals surface area contributed by atoms with Gasteiger partial charge in [0.05, 0.1) is 20.3 Å². The molecule has 3 N–H and O–H groups in total. The van der Waals surface area contributed by atoms with Crippen LogP contribution < -0.4 is 15.8 Å². The second-order valence-electron chi connectivity index (χ2n) is 3.26. The first-order valence-corrected chi connectivity index (χ1v) is 5.36. The summed E-state index contributed by atoms with van der Waals surface area (Å²) in [7, 11) is 1.51. The van der Waals surface area contributed by atoms with Crippen molar-refractivity contribution in [2.24, 2.45) is 0 Å². The second-order valence-corrected chi connectivity index (χ2v) is 3.26. The molecule has 0 aliphatic carbocycles. The average molecular weight is 238 g/mol. The Morgan fingerprint density at radius 3 is 3.00 bits per heavy atom. The Labute approximate surface area is 101 Å². The van der Waals surface area contributed by atoms with Gasteiger partial charge in [0.25, 0.3) is 0 Å². The number of nitrogen functional groups attached to an aromatic ring is 1. The lowest BCUT2D eigenvalue weighted by Crippen LogP contribution is -2.13. The smallest absolute Gasteiger partial charge is 0.242 e. The Kier molecular flexibility index (Phi) is 5.81. The molecule has 0 radical (unpaired) electrons. The molecule has 94 valence electrons. The lowest BCUT2D eigenvalue weighted by atomic mass is 10.4. The zero-order chi connectivity index (χ0) is 12.5. The van der Waals surface area contributed by atoms with Crippen molar-refractivity contribution >= 4 is 11.5 Å². The van der Waals surface area contributed by atoms with Gasteiger partial charge >= 0.3 is 0 Å². The molecule has 6 heteroatoms. The molecule has 0 saturated heterocycles. The van der Waals surface area contributed by atoms with Crippen LogP contribution in [0.15, 0.2) is 19.0 Å². The number of rotatable bonds is 8. The fourth-order valence-corrected chi connectivity index (χ4v) is 1.19. The third-order valence-electron chi connectivity index (χ3n) is 2.05. The highest BCUT2D eigenvalue weighted by Gasteiger charge is 2.06. The lowest BCUT2D eigenvalue weighted by molar-refractivity contribution is 0.149. The van der Waals surface area contributed by atoms with Crippen molar-refractivity contribution in [3.8, 4) is 5.88 Å². The summed E-state index contributed by atoms with van der Waals surface area (Å²) in [5.74, 6) is 0.930. The van der Waals surface area contributed by atoms with E-state index in [1.165, 1.54) is 13.4 Å². The molecule has 0 saturated carbocycles. The van der Waals surface area contributed by atoms with Crippen molar-refractivity contribution in [1.29, 1.82) is 0 Å². The molecule has 1 rings (SSSR count). The van der Waals surface area contributed by atoms with Gasteiger partial charge in [-0.05, 0) is 6.42 Å². The van der Waals surface area contributed by atoms with E-state index >= 15 is 0 Å². The van der Waals surface area contributed by atoms with E-state index in [-0.39, 0.29) is 0 Å². The van der Waals surface area contributed by atoms with Crippen LogP contribution >= 0.6 is 0 Å².